The van der Waals surface area contributed by atoms with Crippen molar-refractivity contribution in [1.29, 1.82) is 0 Å². The second kappa shape index (κ2) is 4.87. The Morgan fingerprint density at radius 3 is 2.44 bits per heavy atom. The Morgan fingerprint density at radius 1 is 1.28 bits per heavy atom. The molecule has 2 rings (SSSR count). The van der Waals surface area contributed by atoms with Crippen LogP contribution >= 0.6 is 0 Å². The molecule has 1 aromatic carbocycles. The van der Waals surface area contributed by atoms with E-state index in [0.29, 0.717) is 13.0 Å². The van der Waals surface area contributed by atoms with Crippen molar-refractivity contribution in [2.75, 3.05) is 13.1 Å². The number of hydrogen-bond donors (Lipinski definition) is 2. The van der Waals surface area contributed by atoms with Crippen molar-refractivity contribution in [2.45, 2.75) is 6.42 Å². The Kier molecular flexibility index (Phi) is 3.27. The zero-order valence-electron chi connectivity index (χ0n) is 9.55. The third kappa shape index (κ3) is 2.48. The highest BCUT2D eigenvalue weighted by molar-refractivity contribution is 6.01. The number of hydrogen-bond acceptors (Lipinski definition) is 3. The normalized spacial score (nSPS) is 14.8. The first-order valence-corrected chi connectivity index (χ1v) is 5.48. The van der Waals surface area contributed by atoms with Gasteiger partial charge < -0.3 is 10.4 Å². The van der Waals surface area contributed by atoms with Crippen molar-refractivity contribution in [3.63, 3.8) is 0 Å². The van der Waals surface area contributed by atoms with Gasteiger partial charge in [0.2, 0.25) is 5.91 Å². The van der Waals surface area contributed by atoms with E-state index in [1.165, 1.54) is 12.1 Å². The van der Waals surface area contributed by atoms with Crippen molar-refractivity contribution < 1.29 is 19.5 Å². The summed E-state index contributed by atoms with van der Waals surface area (Å²) in [6, 6.07) is 6.00. The van der Waals surface area contributed by atoms with Gasteiger partial charge in [-0.3, -0.25) is 9.69 Å². The standard InChI is InChI=1S/C12H12N2O4/c15-10-7-13-12(18)14(10)6-5-8-1-3-9(4-2-8)11(16)17/h1-4H,5-7H2,(H,13,18)(H,16,17). The van der Waals surface area contributed by atoms with Crippen LogP contribution in [0.5, 0.6) is 0 Å². The zero-order chi connectivity index (χ0) is 13.1. The highest BCUT2D eigenvalue weighted by Crippen LogP contribution is 2.07. The van der Waals surface area contributed by atoms with E-state index in [2.05, 4.69) is 5.32 Å². The van der Waals surface area contributed by atoms with Gasteiger partial charge in [0.05, 0.1) is 12.1 Å². The molecule has 1 aromatic rings. The summed E-state index contributed by atoms with van der Waals surface area (Å²) < 4.78 is 0. The molecule has 1 heterocycles. The summed E-state index contributed by atoms with van der Waals surface area (Å²) in [5.74, 6) is -1.21. The predicted octanol–water partition coefficient (Wildman–Crippen LogP) is 0.479. The molecule has 3 amide bonds. The number of nitrogens with one attached hydrogen (secondary N) is 1. The number of carboxylic acid groups (broad SMARTS) is 1. The molecule has 0 atom stereocenters. The minimum absolute atomic E-state index is 0.0524. The highest BCUT2D eigenvalue weighted by atomic mass is 16.4. The van der Waals surface area contributed by atoms with Crippen LogP contribution in [0.3, 0.4) is 0 Å². The number of carboxylic acids is 1. The second-order valence-corrected chi connectivity index (χ2v) is 3.96. The van der Waals surface area contributed by atoms with Gasteiger partial charge in [0.25, 0.3) is 0 Å². The molecule has 0 radical (unpaired) electrons. The average Bonchev–Trinajstić information content (AvgIpc) is 2.67. The molecule has 1 aliphatic heterocycles. The maximum absolute atomic E-state index is 11.3. The van der Waals surface area contributed by atoms with Crippen molar-refractivity contribution >= 4 is 17.9 Å². The lowest BCUT2D eigenvalue weighted by atomic mass is 10.1. The molecule has 6 nitrogen and oxygen atoms in total. The van der Waals surface area contributed by atoms with Gasteiger partial charge in [-0.25, -0.2) is 9.59 Å². The van der Waals surface area contributed by atoms with E-state index >= 15 is 0 Å². The smallest absolute Gasteiger partial charge is 0.335 e. The molecular weight excluding hydrogens is 236 g/mol. The van der Waals surface area contributed by atoms with Crippen molar-refractivity contribution in [3.8, 4) is 0 Å². The summed E-state index contributed by atoms with van der Waals surface area (Å²) in [5.41, 5.74) is 1.10. The fraction of sp³-hybridized carbons (Fsp3) is 0.250. The largest absolute Gasteiger partial charge is 0.478 e. The number of urea groups is 1. The lowest BCUT2D eigenvalue weighted by Gasteiger charge is -2.11. The SMILES string of the molecule is O=C(O)c1ccc(CCN2C(=O)CNC2=O)cc1. The molecular formula is C12H12N2O4. The van der Waals surface area contributed by atoms with Gasteiger partial charge in [-0.05, 0) is 24.1 Å². The Balaban J connectivity index is 1.96. The van der Waals surface area contributed by atoms with Crippen molar-refractivity contribution in [3.05, 3.63) is 35.4 Å². The lowest BCUT2D eigenvalue weighted by Crippen LogP contribution is -2.32. The number of aromatic carboxylic acids is 1. The van der Waals surface area contributed by atoms with Crippen molar-refractivity contribution in [2.24, 2.45) is 0 Å². The van der Waals surface area contributed by atoms with Crippen LogP contribution in [0.25, 0.3) is 0 Å². The Bertz CT molecular complexity index is 479. The number of carbonyl (C=O) groups excluding carboxylic acids is 2. The van der Waals surface area contributed by atoms with Gasteiger partial charge in [-0.1, -0.05) is 12.1 Å². The number of benzene rings is 1. The highest BCUT2D eigenvalue weighted by Gasteiger charge is 2.27. The molecule has 18 heavy (non-hydrogen) atoms. The minimum atomic E-state index is -0.976. The average molecular weight is 248 g/mol. The van der Waals surface area contributed by atoms with E-state index < -0.39 is 5.97 Å². The maximum Gasteiger partial charge on any atom is 0.335 e. The minimum Gasteiger partial charge on any atom is -0.478 e. The van der Waals surface area contributed by atoms with Gasteiger partial charge in [0, 0.05) is 6.54 Å². The molecule has 2 N–H and O–H groups in total. The topological polar surface area (TPSA) is 86.7 Å². The third-order valence-electron chi connectivity index (χ3n) is 2.76. The van der Waals surface area contributed by atoms with Crippen LogP contribution in [-0.4, -0.2) is 41.0 Å². The number of amides is 3. The molecule has 1 saturated heterocycles. The van der Waals surface area contributed by atoms with E-state index in [1.54, 1.807) is 12.1 Å². The molecule has 6 heteroatoms. The lowest BCUT2D eigenvalue weighted by molar-refractivity contribution is -0.124. The second-order valence-electron chi connectivity index (χ2n) is 3.96. The predicted molar refractivity (Wildman–Crippen MR) is 62.2 cm³/mol. The van der Waals surface area contributed by atoms with Crippen LogP contribution in [0.1, 0.15) is 15.9 Å². The molecule has 94 valence electrons. The number of carbonyl (C=O) groups is 3. The summed E-state index contributed by atoms with van der Waals surface area (Å²) in [6.45, 7) is 0.355. The number of rotatable bonds is 4. The first-order chi connectivity index (χ1) is 8.58. The Morgan fingerprint density at radius 2 is 1.94 bits per heavy atom. The fourth-order valence-corrected chi connectivity index (χ4v) is 1.74. The van der Waals surface area contributed by atoms with Crippen LogP contribution in [-0.2, 0) is 11.2 Å². The fourth-order valence-electron chi connectivity index (χ4n) is 1.74. The van der Waals surface area contributed by atoms with Crippen LogP contribution in [0, 0.1) is 0 Å². The summed E-state index contributed by atoms with van der Waals surface area (Å²) in [7, 11) is 0. The van der Waals surface area contributed by atoms with E-state index in [1.807, 2.05) is 0 Å². The van der Waals surface area contributed by atoms with E-state index in [4.69, 9.17) is 5.11 Å². The number of imide groups is 1. The Hall–Kier alpha value is -2.37. The molecule has 1 fully saturated rings. The first kappa shape index (κ1) is 12.1. The first-order valence-electron chi connectivity index (χ1n) is 5.48. The summed E-state index contributed by atoms with van der Waals surface area (Å²) in [5, 5.41) is 11.2. The molecule has 0 aliphatic carbocycles. The van der Waals surface area contributed by atoms with E-state index in [9.17, 15) is 14.4 Å². The molecule has 0 saturated carbocycles. The quantitative estimate of drug-likeness (QED) is 0.759. The van der Waals surface area contributed by atoms with Gasteiger partial charge in [-0.2, -0.15) is 0 Å². The van der Waals surface area contributed by atoms with Gasteiger partial charge in [-0.15, -0.1) is 0 Å². The summed E-state index contributed by atoms with van der Waals surface area (Å²) in [6.07, 6.45) is 0.513. The van der Waals surface area contributed by atoms with Crippen LogP contribution in [0.15, 0.2) is 24.3 Å². The molecule has 0 spiro atoms. The van der Waals surface area contributed by atoms with Crippen LogP contribution in [0.4, 0.5) is 4.79 Å². The Labute approximate surface area is 103 Å². The summed E-state index contributed by atoms with van der Waals surface area (Å²) >= 11 is 0. The zero-order valence-corrected chi connectivity index (χ0v) is 9.55. The monoisotopic (exact) mass is 248 g/mol. The van der Waals surface area contributed by atoms with Gasteiger partial charge in [0.15, 0.2) is 0 Å². The van der Waals surface area contributed by atoms with Gasteiger partial charge in [0.1, 0.15) is 0 Å². The van der Waals surface area contributed by atoms with E-state index in [-0.39, 0.29) is 24.0 Å². The number of nitrogens with zero attached hydrogens (tertiary/aromatic N) is 1. The molecule has 0 aromatic heterocycles. The van der Waals surface area contributed by atoms with E-state index in [0.717, 1.165) is 10.5 Å². The maximum atomic E-state index is 11.3. The van der Waals surface area contributed by atoms with Crippen LogP contribution < -0.4 is 5.32 Å². The molecule has 1 aliphatic rings. The van der Waals surface area contributed by atoms with Crippen molar-refractivity contribution in [1.82, 2.24) is 10.2 Å². The molecule has 0 unspecified atom stereocenters. The van der Waals surface area contributed by atoms with Gasteiger partial charge >= 0.3 is 12.0 Å². The third-order valence-corrected chi connectivity index (χ3v) is 2.76. The molecule has 0 bridgehead atoms. The van der Waals surface area contributed by atoms with Crippen LogP contribution in [0.2, 0.25) is 0 Å². The summed E-state index contributed by atoms with van der Waals surface area (Å²) in [4.78, 5) is 34.4.